The van der Waals surface area contributed by atoms with E-state index in [1.54, 1.807) is 11.8 Å². The first kappa shape index (κ1) is 16.6. The van der Waals surface area contributed by atoms with E-state index >= 15 is 0 Å². The molecule has 0 aliphatic carbocycles. The maximum absolute atomic E-state index is 12.2. The third-order valence-electron chi connectivity index (χ3n) is 3.63. The van der Waals surface area contributed by atoms with Gasteiger partial charge in [0.05, 0.1) is 11.8 Å². The molecular formula is C19H23NOS. The number of carbonyl (C=O) groups is 1. The van der Waals surface area contributed by atoms with Crippen LogP contribution in [0.5, 0.6) is 0 Å². The molecule has 0 saturated heterocycles. The van der Waals surface area contributed by atoms with Gasteiger partial charge in [-0.05, 0) is 44.4 Å². The van der Waals surface area contributed by atoms with Crippen LogP contribution in [0.1, 0.15) is 35.2 Å². The minimum Gasteiger partial charge on any atom is -0.349 e. The summed E-state index contributed by atoms with van der Waals surface area (Å²) in [5, 5.41) is 3.06. The Hall–Kier alpha value is -1.74. The van der Waals surface area contributed by atoms with Gasteiger partial charge in [-0.1, -0.05) is 48.0 Å². The highest BCUT2D eigenvalue weighted by atomic mass is 32.2. The molecular weight excluding hydrogens is 290 g/mol. The molecule has 0 unspecified atom stereocenters. The van der Waals surface area contributed by atoms with Crippen molar-refractivity contribution in [3.8, 4) is 0 Å². The highest BCUT2D eigenvalue weighted by Crippen LogP contribution is 2.27. The van der Waals surface area contributed by atoms with Crippen LogP contribution in [0.15, 0.2) is 47.4 Å². The average Bonchev–Trinajstić information content (AvgIpc) is 2.47. The van der Waals surface area contributed by atoms with Gasteiger partial charge in [0, 0.05) is 4.90 Å². The number of hydrogen-bond acceptors (Lipinski definition) is 2. The predicted molar refractivity (Wildman–Crippen MR) is 94.4 cm³/mol. The molecule has 0 aliphatic heterocycles. The van der Waals surface area contributed by atoms with E-state index in [0.717, 1.165) is 5.56 Å². The summed E-state index contributed by atoms with van der Waals surface area (Å²) in [6.45, 7) is 8.32. The summed E-state index contributed by atoms with van der Waals surface area (Å²) < 4.78 is 0. The molecule has 2 nitrogen and oxygen atoms in total. The van der Waals surface area contributed by atoms with Crippen LogP contribution in [0, 0.1) is 20.8 Å². The van der Waals surface area contributed by atoms with Gasteiger partial charge in [-0.25, -0.2) is 0 Å². The molecule has 0 radical (unpaired) electrons. The van der Waals surface area contributed by atoms with Crippen molar-refractivity contribution >= 4 is 17.7 Å². The number of rotatable bonds is 5. The summed E-state index contributed by atoms with van der Waals surface area (Å²) in [6.07, 6.45) is 0. The van der Waals surface area contributed by atoms with Crippen LogP contribution >= 0.6 is 11.8 Å². The summed E-state index contributed by atoms with van der Waals surface area (Å²) in [7, 11) is 0. The molecule has 0 aromatic heterocycles. The smallest absolute Gasteiger partial charge is 0.230 e. The zero-order chi connectivity index (χ0) is 16.1. The van der Waals surface area contributed by atoms with Gasteiger partial charge in [-0.2, -0.15) is 0 Å². The van der Waals surface area contributed by atoms with Crippen LogP contribution in [0.2, 0.25) is 0 Å². The van der Waals surface area contributed by atoms with E-state index in [-0.39, 0.29) is 11.9 Å². The SMILES string of the molecule is Cc1cc(C)c(SCC(=O)N[C@H](C)c2ccccc2)c(C)c1. The Labute approximate surface area is 137 Å². The maximum atomic E-state index is 12.2. The van der Waals surface area contributed by atoms with Gasteiger partial charge in [0.1, 0.15) is 0 Å². The van der Waals surface area contributed by atoms with Gasteiger partial charge >= 0.3 is 0 Å². The number of thioether (sulfide) groups is 1. The van der Waals surface area contributed by atoms with Gasteiger partial charge in [-0.15, -0.1) is 11.8 Å². The Bertz CT molecular complexity index is 629. The number of carbonyl (C=O) groups excluding carboxylic acids is 1. The van der Waals surface area contributed by atoms with Gasteiger partial charge in [0.25, 0.3) is 0 Å². The fourth-order valence-electron chi connectivity index (χ4n) is 2.64. The van der Waals surface area contributed by atoms with Crippen molar-refractivity contribution in [3.05, 3.63) is 64.7 Å². The van der Waals surface area contributed by atoms with Gasteiger partial charge in [0.2, 0.25) is 5.91 Å². The molecule has 2 aromatic rings. The first-order chi connectivity index (χ1) is 10.5. The van der Waals surface area contributed by atoms with E-state index in [1.165, 1.54) is 21.6 Å². The largest absolute Gasteiger partial charge is 0.349 e. The molecule has 0 saturated carbocycles. The Balaban J connectivity index is 1.94. The molecule has 0 bridgehead atoms. The first-order valence-electron chi connectivity index (χ1n) is 7.52. The number of aryl methyl sites for hydroxylation is 3. The lowest BCUT2D eigenvalue weighted by atomic mass is 10.1. The number of nitrogens with one attached hydrogen (secondary N) is 1. The molecule has 3 heteroatoms. The van der Waals surface area contributed by atoms with Crippen LogP contribution < -0.4 is 5.32 Å². The Morgan fingerprint density at radius 2 is 1.68 bits per heavy atom. The van der Waals surface area contributed by atoms with Crippen molar-refractivity contribution in [1.82, 2.24) is 5.32 Å². The van der Waals surface area contributed by atoms with Crippen LogP contribution in [0.4, 0.5) is 0 Å². The normalized spacial score (nSPS) is 12.0. The second-order valence-electron chi connectivity index (χ2n) is 5.72. The lowest BCUT2D eigenvalue weighted by molar-refractivity contribution is -0.119. The molecule has 0 heterocycles. The van der Waals surface area contributed by atoms with E-state index < -0.39 is 0 Å². The molecule has 2 rings (SSSR count). The van der Waals surface area contributed by atoms with E-state index in [9.17, 15) is 4.79 Å². The third kappa shape index (κ3) is 4.38. The van der Waals surface area contributed by atoms with Crippen molar-refractivity contribution < 1.29 is 4.79 Å². The standard InChI is InChI=1S/C19H23NOS/c1-13-10-14(2)19(15(3)11-13)22-12-18(21)20-16(4)17-8-6-5-7-9-17/h5-11,16H,12H2,1-4H3,(H,20,21)/t16-/m1/s1. The van der Waals surface area contributed by atoms with Gasteiger partial charge in [-0.3, -0.25) is 4.79 Å². The summed E-state index contributed by atoms with van der Waals surface area (Å²) in [5.41, 5.74) is 4.88. The predicted octanol–water partition coefficient (Wildman–Crippen LogP) is 4.58. The van der Waals surface area contributed by atoms with Crippen molar-refractivity contribution in [2.45, 2.75) is 38.6 Å². The number of benzene rings is 2. The number of amides is 1. The lowest BCUT2D eigenvalue weighted by Crippen LogP contribution is -2.28. The summed E-state index contributed by atoms with van der Waals surface area (Å²) in [5.74, 6) is 0.516. The van der Waals surface area contributed by atoms with Crippen LogP contribution in [0.25, 0.3) is 0 Å². The highest BCUT2D eigenvalue weighted by molar-refractivity contribution is 8.00. The molecule has 1 amide bonds. The summed E-state index contributed by atoms with van der Waals surface area (Å²) >= 11 is 1.62. The summed E-state index contributed by atoms with van der Waals surface area (Å²) in [4.78, 5) is 13.4. The summed E-state index contributed by atoms with van der Waals surface area (Å²) in [6, 6.07) is 14.4. The van der Waals surface area contributed by atoms with Crippen LogP contribution in [0.3, 0.4) is 0 Å². The van der Waals surface area contributed by atoms with Crippen LogP contribution in [-0.4, -0.2) is 11.7 Å². The Morgan fingerprint density at radius 3 is 2.27 bits per heavy atom. The monoisotopic (exact) mass is 313 g/mol. The highest BCUT2D eigenvalue weighted by Gasteiger charge is 2.11. The second kappa shape index (κ2) is 7.50. The maximum Gasteiger partial charge on any atom is 0.230 e. The quantitative estimate of drug-likeness (QED) is 0.819. The van der Waals surface area contributed by atoms with E-state index in [1.807, 2.05) is 37.3 Å². The fourth-order valence-corrected chi connectivity index (χ4v) is 3.57. The molecule has 22 heavy (non-hydrogen) atoms. The molecule has 116 valence electrons. The van der Waals surface area contributed by atoms with Gasteiger partial charge in [0.15, 0.2) is 0 Å². The average molecular weight is 313 g/mol. The molecule has 0 aliphatic rings. The molecule has 0 fully saturated rings. The van der Waals surface area contributed by atoms with E-state index in [0.29, 0.717) is 5.75 Å². The Kier molecular flexibility index (Phi) is 5.67. The molecule has 2 aromatic carbocycles. The van der Waals surface area contributed by atoms with E-state index in [4.69, 9.17) is 0 Å². The van der Waals surface area contributed by atoms with Crippen molar-refractivity contribution in [3.63, 3.8) is 0 Å². The minimum atomic E-state index is 0.0366. The van der Waals surface area contributed by atoms with Crippen LogP contribution in [-0.2, 0) is 4.79 Å². The Morgan fingerprint density at radius 1 is 1.09 bits per heavy atom. The number of hydrogen-bond donors (Lipinski definition) is 1. The van der Waals surface area contributed by atoms with Crippen molar-refractivity contribution in [2.24, 2.45) is 0 Å². The second-order valence-corrected chi connectivity index (χ2v) is 6.70. The molecule has 1 N–H and O–H groups in total. The zero-order valence-electron chi connectivity index (χ0n) is 13.6. The fraction of sp³-hybridized carbons (Fsp3) is 0.316. The molecule has 1 atom stereocenters. The van der Waals surface area contributed by atoms with Gasteiger partial charge < -0.3 is 5.32 Å². The van der Waals surface area contributed by atoms with Crippen molar-refractivity contribution in [1.29, 1.82) is 0 Å². The lowest BCUT2D eigenvalue weighted by Gasteiger charge is -2.15. The third-order valence-corrected chi connectivity index (χ3v) is 4.97. The first-order valence-corrected chi connectivity index (χ1v) is 8.51. The molecule has 0 spiro atoms. The minimum absolute atomic E-state index is 0.0366. The zero-order valence-corrected chi connectivity index (χ0v) is 14.5. The van der Waals surface area contributed by atoms with Crippen molar-refractivity contribution in [2.75, 3.05) is 5.75 Å². The van der Waals surface area contributed by atoms with E-state index in [2.05, 4.69) is 38.2 Å². The topological polar surface area (TPSA) is 29.1 Å².